The zero-order chi connectivity index (χ0) is 28.7. The molecule has 0 fully saturated rings. The van der Waals surface area contributed by atoms with Crippen LogP contribution in [0.5, 0.6) is 0 Å². The van der Waals surface area contributed by atoms with E-state index in [0.29, 0.717) is 17.4 Å². The number of phosphoric acid groups is 1. The average Bonchev–Trinajstić information content (AvgIpc) is 2.82. The minimum Gasteiger partial charge on any atom is -0.462 e. The molecule has 0 aromatic carbocycles. The third-order valence-electron chi connectivity index (χ3n) is 6.20. The van der Waals surface area contributed by atoms with Gasteiger partial charge in [0.25, 0.3) is 0 Å². The summed E-state index contributed by atoms with van der Waals surface area (Å²) in [4.78, 5) is 33.3. The fourth-order valence-electron chi connectivity index (χ4n) is 3.86. The molecule has 0 aromatic heterocycles. The van der Waals surface area contributed by atoms with Gasteiger partial charge < -0.3 is 18.9 Å². The van der Waals surface area contributed by atoms with Crippen LogP contribution in [0.3, 0.4) is 0 Å². The maximum atomic E-state index is 12.3. The molecule has 0 radical (unpaired) electrons. The van der Waals surface area contributed by atoms with Crippen molar-refractivity contribution in [1.82, 2.24) is 0 Å². The fourth-order valence-corrected chi connectivity index (χ4v) is 4.60. The van der Waals surface area contributed by atoms with Crippen molar-refractivity contribution in [3.8, 4) is 0 Å². The lowest BCUT2D eigenvalue weighted by Crippen LogP contribution is -2.37. The summed E-state index contributed by atoms with van der Waals surface area (Å²) in [6.07, 6.45) is 17.9. The predicted octanol–water partition coefficient (Wildman–Crippen LogP) is 6.56. The molecule has 0 saturated heterocycles. The molecule has 0 aliphatic heterocycles. The summed E-state index contributed by atoms with van der Waals surface area (Å²) >= 11 is 0. The number of quaternary nitrogens is 1. The van der Waals surface area contributed by atoms with E-state index < -0.39 is 32.5 Å². The highest BCUT2D eigenvalue weighted by atomic mass is 31.2. The van der Waals surface area contributed by atoms with Gasteiger partial charge >= 0.3 is 19.8 Å². The molecule has 2 atom stereocenters. The molecule has 0 aliphatic rings. The number of ether oxygens (including phenoxy) is 2. The van der Waals surface area contributed by atoms with Crippen LogP contribution < -0.4 is 0 Å². The van der Waals surface area contributed by atoms with Crippen LogP contribution in [0.2, 0.25) is 0 Å². The third-order valence-corrected chi connectivity index (χ3v) is 7.18. The van der Waals surface area contributed by atoms with Crippen LogP contribution in [0.25, 0.3) is 0 Å². The zero-order valence-corrected chi connectivity index (χ0v) is 25.8. The van der Waals surface area contributed by atoms with Crippen molar-refractivity contribution in [3.63, 3.8) is 0 Å². The Morgan fingerprint density at radius 3 is 1.68 bits per heavy atom. The van der Waals surface area contributed by atoms with Gasteiger partial charge in [0.2, 0.25) is 0 Å². The second kappa shape index (κ2) is 22.8. The first-order valence-corrected chi connectivity index (χ1v) is 16.2. The largest absolute Gasteiger partial charge is 0.472 e. The SMILES string of the molecule is CCCCCCCCCCCCCCCCCC(=O)O[C@@H](COC(C)=O)COP(=O)(O)OCC[N+](C)(C)C. The number of esters is 2. The maximum Gasteiger partial charge on any atom is 0.472 e. The van der Waals surface area contributed by atoms with E-state index >= 15 is 0 Å². The van der Waals surface area contributed by atoms with Gasteiger partial charge in [-0.3, -0.25) is 18.6 Å². The number of hydrogen-bond donors (Lipinski definition) is 1. The molecule has 38 heavy (non-hydrogen) atoms. The maximum absolute atomic E-state index is 12.3. The lowest BCUT2D eigenvalue weighted by Gasteiger charge is -2.24. The first kappa shape index (κ1) is 37.0. The van der Waals surface area contributed by atoms with Gasteiger partial charge in [0, 0.05) is 13.3 Å². The van der Waals surface area contributed by atoms with Crippen molar-refractivity contribution in [3.05, 3.63) is 0 Å². The summed E-state index contributed by atoms with van der Waals surface area (Å²) in [5.74, 6) is -0.987. The van der Waals surface area contributed by atoms with E-state index in [-0.39, 0.29) is 19.6 Å². The fraction of sp³-hybridized carbons (Fsp3) is 0.929. The molecule has 1 N–H and O–H groups in total. The van der Waals surface area contributed by atoms with Gasteiger partial charge in [0.05, 0.1) is 27.7 Å². The Kier molecular flexibility index (Phi) is 22.2. The van der Waals surface area contributed by atoms with E-state index in [4.69, 9.17) is 18.5 Å². The highest BCUT2D eigenvalue weighted by Crippen LogP contribution is 2.43. The number of rotatable bonds is 26. The van der Waals surface area contributed by atoms with Gasteiger partial charge in [-0.1, -0.05) is 96.8 Å². The first-order valence-electron chi connectivity index (χ1n) is 14.7. The Morgan fingerprint density at radius 2 is 1.24 bits per heavy atom. The van der Waals surface area contributed by atoms with Crippen molar-refractivity contribution in [2.45, 2.75) is 123 Å². The molecule has 0 heterocycles. The molecule has 0 aliphatic carbocycles. The van der Waals surface area contributed by atoms with Gasteiger partial charge in [0.15, 0.2) is 6.10 Å². The van der Waals surface area contributed by atoms with Crippen LogP contribution in [-0.4, -0.2) is 74.9 Å². The summed E-state index contributed by atoms with van der Waals surface area (Å²) in [6, 6.07) is 0. The number of carbonyl (C=O) groups is 2. The molecule has 0 bridgehead atoms. The number of likely N-dealkylation sites (N-methyl/N-ethyl adjacent to an activating group) is 1. The minimum absolute atomic E-state index is 0.0326. The first-order chi connectivity index (χ1) is 17.9. The molecule has 0 amide bonds. The summed E-state index contributed by atoms with van der Waals surface area (Å²) in [5, 5.41) is 0. The van der Waals surface area contributed by atoms with E-state index in [1.165, 1.54) is 84.0 Å². The molecule has 10 heteroatoms. The Hall–Kier alpha value is -0.990. The van der Waals surface area contributed by atoms with E-state index in [2.05, 4.69) is 6.92 Å². The van der Waals surface area contributed by atoms with Crippen molar-refractivity contribution in [2.24, 2.45) is 0 Å². The van der Waals surface area contributed by atoms with Crippen molar-refractivity contribution in [2.75, 3.05) is 47.5 Å². The molecule has 0 rings (SSSR count). The average molecular weight is 567 g/mol. The molecule has 0 spiro atoms. The van der Waals surface area contributed by atoms with E-state index in [1.54, 1.807) is 0 Å². The number of nitrogens with zero attached hydrogens (tertiary/aromatic N) is 1. The summed E-state index contributed by atoms with van der Waals surface area (Å²) in [7, 11) is 1.47. The van der Waals surface area contributed by atoms with E-state index in [9.17, 15) is 19.0 Å². The number of phosphoric ester groups is 1. The number of unbranched alkanes of at least 4 members (excludes halogenated alkanes) is 14. The smallest absolute Gasteiger partial charge is 0.462 e. The monoisotopic (exact) mass is 566 g/mol. The van der Waals surface area contributed by atoms with Gasteiger partial charge in [-0.2, -0.15) is 0 Å². The molecular weight excluding hydrogens is 509 g/mol. The van der Waals surface area contributed by atoms with Crippen molar-refractivity contribution in [1.29, 1.82) is 0 Å². The van der Waals surface area contributed by atoms with Crippen LogP contribution in [0.15, 0.2) is 0 Å². The van der Waals surface area contributed by atoms with E-state index in [0.717, 1.165) is 12.8 Å². The van der Waals surface area contributed by atoms with Crippen molar-refractivity contribution < 1.29 is 42.1 Å². The van der Waals surface area contributed by atoms with Crippen LogP contribution in [-0.2, 0) is 32.7 Å². The molecule has 1 unspecified atom stereocenters. The highest BCUT2D eigenvalue weighted by molar-refractivity contribution is 7.47. The lowest BCUT2D eigenvalue weighted by molar-refractivity contribution is -0.870. The molecule has 226 valence electrons. The summed E-state index contributed by atoms with van der Waals surface area (Å²) < 4.78 is 32.9. The highest BCUT2D eigenvalue weighted by Gasteiger charge is 2.26. The topological polar surface area (TPSA) is 108 Å². The van der Waals surface area contributed by atoms with Crippen LogP contribution in [0.4, 0.5) is 0 Å². The number of carbonyl (C=O) groups excluding carboxylic acids is 2. The van der Waals surface area contributed by atoms with Gasteiger partial charge in [-0.25, -0.2) is 4.57 Å². The van der Waals surface area contributed by atoms with Crippen molar-refractivity contribution >= 4 is 19.8 Å². The molecule has 9 nitrogen and oxygen atoms in total. The quantitative estimate of drug-likeness (QED) is 0.0543. The summed E-state index contributed by atoms with van der Waals surface area (Å²) in [5.41, 5.74) is 0. The van der Waals surface area contributed by atoms with Crippen LogP contribution >= 0.6 is 7.82 Å². The standard InChI is InChI=1S/C28H56NO8P/c1-6-7-8-9-10-11-12-13-14-15-16-17-18-19-20-21-28(31)37-27(24-34-26(2)30)25-36-38(32,33)35-23-22-29(3,4)5/h27H,6-25H2,1-5H3/p+1/t27-/m0/s1. The molecule has 0 aromatic rings. The lowest BCUT2D eigenvalue weighted by atomic mass is 10.0. The predicted molar refractivity (Wildman–Crippen MR) is 151 cm³/mol. The molecular formula is C28H57NO8P+. The third kappa shape index (κ3) is 26.6. The second-order valence-corrected chi connectivity index (χ2v) is 12.7. The van der Waals surface area contributed by atoms with Gasteiger partial charge in [-0.15, -0.1) is 0 Å². The Labute approximate surface area is 232 Å². The van der Waals surface area contributed by atoms with Crippen LogP contribution in [0, 0.1) is 0 Å². The summed E-state index contributed by atoms with van der Waals surface area (Å²) in [6.45, 7) is 3.38. The normalized spacial score (nSPS) is 14.2. The molecule has 0 saturated carbocycles. The number of hydrogen-bond acceptors (Lipinski definition) is 7. The van der Waals surface area contributed by atoms with E-state index in [1.807, 2.05) is 21.1 Å². The second-order valence-electron chi connectivity index (χ2n) is 11.2. The van der Waals surface area contributed by atoms with Gasteiger partial charge in [-0.05, 0) is 6.42 Å². The Bertz CT molecular complexity index is 653. The van der Waals surface area contributed by atoms with Crippen LogP contribution in [0.1, 0.15) is 117 Å². The van der Waals surface area contributed by atoms with Gasteiger partial charge in [0.1, 0.15) is 19.8 Å². The minimum atomic E-state index is -4.32. The Balaban J connectivity index is 3.99. The zero-order valence-electron chi connectivity index (χ0n) is 24.9. The Morgan fingerprint density at radius 1 is 0.763 bits per heavy atom.